The molecular weight excluding hydrogens is 360 g/mol. The third-order valence-electron chi connectivity index (χ3n) is 5.18. The molecule has 2 amide bonds. The number of halogens is 2. The Morgan fingerprint density at radius 1 is 1.00 bits per heavy atom. The van der Waals surface area contributed by atoms with E-state index in [4.69, 9.17) is 0 Å². The number of benzene rings is 2. The highest BCUT2D eigenvalue weighted by Gasteiger charge is 2.19. The lowest BCUT2D eigenvalue weighted by atomic mass is 10.1. The molecule has 0 fully saturated rings. The Balaban J connectivity index is 2.02. The summed E-state index contributed by atoms with van der Waals surface area (Å²) < 4.78 is 26.6. The molecule has 0 aliphatic rings. The second-order valence-electron chi connectivity index (χ2n) is 7.40. The molecule has 6 heteroatoms. The van der Waals surface area contributed by atoms with Crippen LogP contribution < -0.4 is 5.32 Å². The Morgan fingerprint density at radius 2 is 1.64 bits per heavy atom. The highest BCUT2D eigenvalue weighted by Crippen LogP contribution is 2.21. The highest BCUT2D eigenvalue weighted by atomic mass is 19.2. The zero-order chi connectivity index (χ0) is 20.8. The van der Waals surface area contributed by atoms with Crippen molar-refractivity contribution in [1.29, 1.82) is 0 Å². The molecule has 0 spiro atoms. The SMILES string of the molecule is CC(C)N(C)Cc1ccccc1CNC(=O)N(C)C(C)c1ccc(F)c(F)c1. The molecule has 152 valence electrons. The van der Waals surface area contributed by atoms with Crippen molar-refractivity contribution in [1.82, 2.24) is 15.1 Å². The molecule has 0 saturated heterocycles. The fourth-order valence-electron chi connectivity index (χ4n) is 2.80. The zero-order valence-electron chi connectivity index (χ0n) is 17.2. The second kappa shape index (κ2) is 9.64. The molecule has 1 N–H and O–H groups in total. The summed E-state index contributed by atoms with van der Waals surface area (Å²) in [4.78, 5) is 16.3. The maximum absolute atomic E-state index is 13.5. The van der Waals surface area contributed by atoms with Gasteiger partial charge in [0.15, 0.2) is 11.6 Å². The molecule has 0 radical (unpaired) electrons. The van der Waals surface area contributed by atoms with Gasteiger partial charge in [-0.1, -0.05) is 30.3 Å². The minimum Gasteiger partial charge on any atom is -0.334 e. The van der Waals surface area contributed by atoms with Gasteiger partial charge in [-0.15, -0.1) is 0 Å². The van der Waals surface area contributed by atoms with Crippen LogP contribution in [0.5, 0.6) is 0 Å². The maximum Gasteiger partial charge on any atom is 0.317 e. The summed E-state index contributed by atoms with van der Waals surface area (Å²) in [6.07, 6.45) is 0. The predicted molar refractivity (Wildman–Crippen MR) is 108 cm³/mol. The summed E-state index contributed by atoms with van der Waals surface area (Å²) in [7, 11) is 3.71. The normalized spacial score (nSPS) is 12.3. The number of hydrogen-bond donors (Lipinski definition) is 1. The molecule has 4 nitrogen and oxygen atoms in total. The molecule has 0 aliphatic carbocycles. The number of urea groups is 1. The van der Waals surface area contributed by atoms with E-state index in [0.717, 1.165) is 29.8 Å². The monoisotopic (exact) mass is 389 g/mol. The molecule has 2 aromatic rings. The first-order valence-electron chi connectivity index (χ1n) is 9.43. The van der Waals surface area contributed by atoms with Crippen LogP contribution in [-0.2, 0) is 13.1 Å². The van der Waals surface area contributed by atoms with Crippen molar-refractivity contribution in [3.63, 3.8) is 0 Å². The number of nitrogens with one attached hydrogen (secondary N) is 1. The van der Waals surface area contributed by atoms with E-state index in [1.807, 2.05) is 18.2 Å². The van der Waals surface area contributed by atoms with E-state index in [1.54, 1.807) is 14.0 Å². The van der Waals surface area contributed by atoms with Crippen LogP contribution in [-0.4, -0.2) is 36.0 Å². The Bertz CT molecular complexity index is 810. The molecule has 2 aromatic carbocycles. The molecule has 0 bridgehead atoms. The average Bonchev–Trinajstić information content (AvgIpc) is 2.67. The van der Waals surface area contributed by atoms with Crippen molar-refractivity contribution >= 4 is 6.03 Å². The van der Waals surface area contributed by atoms with Crippen LogP contribution in [0.3, 0.4) is 0 Å². The highest BCUT2D eigenvalue weighted by molar-refractivity contribution is 5.74. The summed E-state index contributed by atoms with van der Waals surface area (Å²) in [6, 6.07) is 11.5. The minimum atomic E-state index is -0.915. The summed E-state index contributed by atoms with van der Waals surface area (Å²) >= 11 is 0. The van der Waals surface area contributed by atoms with Crippen molar-refractivity contribution in [2.75, 3.05) is 14.1 Å². The number of amides is 2. The van der Waals surface area contributed by atoms with Gasteiger partial charge in [0.05, 0.1) is 6.04 Å². The van der Waals surface area contributed by atoms with Gasteiger partial charge in [0.25, 0.3) is 0 Å². The van der Waals surface area contributed by atoms with Gasteiger partial charge in [-0.25, -0.2) is 13.6 Å². The van der Waals surface area contributed by atoms with Gasteiger partial charge >= 0.3 is 6.03 Å². The van der Waals surface area contributed by atoms with Crippen LogP contribution >= 0.6 is 0 Å². The predicted octanol–water partition coefficient (Wildman–Crippen LogP) is 4.71. The lowest BCUT2D eigenvalue weighted by Gasteiger charge is -2.26. The topological polar surface area (TPSA) is 35.6 Å². The maximum atomic E-state index is 13.5. The largest absolute Gasteiger partial charge is 0.334 e. The van der Waals surface area contributed by atoms with E-state index < -0.39 is 17.7 Å². The first-order valence-corrected chi connectivity index (χ1v) is 9.43. The third-order valence-corrected chi connectivity index (χ3v) is 5.18. The smallest absolute Gasteiger partial charge is 0.317 e. The average molecular weight is 389 g/mol. The number of rotatable bonds is 7. The number of nitrogens with zero attached hydrogens (tertiary/aromatic N) is 2. The van der Waals surface area contributed by atoms with E-state index >= 15 is 0 Å². The van der Waals surface area contributed by atoms with Crippen molar-refractivity contribution in [3.05, 3.63) is 70.8 Å². The van der Waals surface area contributed by atoms with Crippen LogP contribution in [0.2, 0.25) is 0 Å². The summed E-state index contributed by atoms with van der Waals surface area (Å²) in [5, 5.41) is 2.92. The first-order chi connectivity index (χ1) is 13.2. The molecule has 0 aliphatic heterocycles. The first kappa shape index (κ1) is 21.8. The quantitative estimate of drug-likeness (QED) is 0.745. The van der Waals surface area contributed by atoms with Crippen molar-refractivity contribution in [2.24, 2.45) is 0 Å². The Kier molecular flexibility index (Phi) is 7.52. The van der Waals surface area contributed by atoms with Crippen LogP contribution in [0.15, 0.2) is 42.5 Å². The number of hydrogen-bond acceptors (Lipinski definition) is 2. The van der Waals surface area contributed by atoms with Gasteiger partial charge < -0.3 is 10.2 Å². The third kappa shape index (κ3) is 5.52. The van der Waals surface area contributed by atoms with Gasteiger partial charge in [0.2, 0.25) is 0 Å². The van der Waals surface area contributed by atoms with E-state index in [2.05, 4.69) is 37.2 Å². The fraction of sp³-hybridized carbons (Fsp3) is 0.409. The molecule has 1 unspecified atom stereocenters. The second-order valence-corrected chi connectivity index (χ2v) is 7.40. The molecule has 0 aromatic heterocycles. The standard InChI is InChI=1S/C22H29F2N3O/c1-15(2)26(4)14-19-9-7-6-8-18(19)13-25-22(28)27(5)16(3)17-10-11-20(23)21(24)12-17/h6-12,15-16H,13-14H2,1-5H3,(H,25,28). The van der Waals surface area contributed by atoms with Crippen molar-refractivity contribution < 1.29 is 13.6 Å². The van der Waals surface area contributed by atoms with Crippen LogP contribution in [0.1, 0.15) is 43.5 Å². The summed E-state index contributed by atoms with van der Waals surface area (Å²) in [5.41, 5.74) is 2.75. The molecule has 2 rings (SSSR count). The van der Waals surface area contributed by atoms with Gasteiger partial charge in [-0.3, -0.25) is 4.90 Å². The van der Waals surface area contributed by atoms with Gasteiger partial charge in [0.1, 0.15) is 0 Å². The van der Waals surface area contributed by atoms with Gasteiger partial charge in [-0.05, 0) is 56.6 Å². The van der Waals surface area contributed by atoms with Gasteiger partial charge in [0, 0.05) is 26.2 Å². The minimum absolute atomic E-state index is 0.274. The van der Waals surface area contributed by atoms with Crippen LogP contribution in [0, 0.1) is 11.6 Å². The molecular formula is C22H29F2N3O. The summed E-state index contributed by atoms with van der Waals surface area (Å²) in [5.74, 6) is -1.81. The van der Waals surface area contributed by atoms with Crippen molar-refractivity contribution in [3.8, 4) is 0 Å². The van der Waals surface area contributed by atoms with Crippen molar-refractivity contribution in [2.45, 2.75) is 45.9 Å². The van der Waals surface area contributed by atoms with E-state index in [9.17, 15) is 13.6 Å². The zero-order valence-corrected chi connectivity index (χ0v) is 17.2. The van der Waals surface area contributed by atoms with Gasteiger partial charge in [-0.2, -0.15) is 0 Å². The fourth-order valence-corrected chi connectivity index (χ4v) is 2.80. The molecule has 0 heterocycles. The Hall–Kier alpha value is -2.47. The number of carbonyl (C=O) groups excluding carboxylic acids is 1. The summed E-state index contributed by atoms with van der Waals surface area (Å²) in [6.45, 7) is 7.25. The van der Waals surface area contributed by atoms with E-state index in [1.165, 1.54) is 11.0 Å². The Labute approximate surface area is 166 Å². The molecule has 0 saturated carbocycles. The van der Waals surface area contributed by atoms with Crippen LogP contribution in [0.25, 0.3) is 0 Å². The molecule has 1 atom stereocenters. The Morgan fingerprint density at radius 3 is 2.25 bits per heavy atom. The molecule has 28 heavy (non-hydrogen) atoms. The van der Waals surface area contributed by atoms with E-state index in [0.29, 0.717) is 18.2 Å². The lowest BCUT2D eigenvalue weighted by Crippen LogP contribution is -2.38. The van der Waals surface area contributed by atoms with Crippen LogP contribution in [0.4, 0.5) is 13.6 Å². The van der Waals surface area contributed by atoms with E-state index in [-0.39, 0.29) is 6.03 Å². The number of carbonyl (C=O) groups is 1. The lowest BCUT2D eigenvalue weighted by molar-refractivity contribution is 0.193.